The van der Waals surface area contributed by atoms with Crippen LogP contribution in [0.5, 0.6) is 0 Å². The van der Waals surface area contributed by atoms with Crippen LogP contribution in [0.25, 0.3) is 0 Å². The Balaban J connectivity index is 2.15. The summed E-state index contributed by atoms with van der Waals surface area (Å²) >= 11 is 0. The van der Waals surface area contributed by atoms with E-state index >= 15 is 0 Å². The van der Waals surface area contributed by atoms with Gasteiger partial charge in [-0.05, 0) is 56.9 Å². The molecule has 2 aromatic rings. The van der Waals surface area contributed by atoms with E-state index in [1.165, 1.54) is 22.4 Å². The van der Waals surface area contributed by atoms with Gasteiger partial charge < -0.3 is 10.6 Å². The summed E-state index contributed by atoms with van der Waals surface area (Å²) in [6.07, 6.45) is 2.31. The number of fused-ring (bicyclic) bond motifs is 1. The topological polar surface area (TPSA) is 42.2 Å². The predicted molar refractivity (Wildman–Crippen MR) is 88.1 cm³/mol. The van der Waals surface area contributed by atoms with Gasteiger partial charge in [-0.3, -0.25) is 0 Å². The van der Waals surface area contributed by atoms with Crippen LogP contribution in [0.2, 0.25) is 0 Å². The van der Waals surface area contributed by atoms with Crippen molar-refractivity contribution in [1.82, 2.24) is 4.98 Å². The van der Waals surface area contributed by atoms with Gasteiger partial charge in [-0.1, -0.05) is 17.7 Å². The highest BCUT2D eigenvalue weighted by atomic mass is 15.2. The minimum atomic E-state index is 0.534. The van der Waals surface area contributed by atoms with Gasteiger partial charge in [0.15, 0.2) is 0 Å². The third kappa shape index (κ3) is 2.54. The summed E-state index contributed by atoms with van der Waals surface area (Å²) in [5.41, 5.74) is 13.5. The van der Waals surface area contributed by atoms with Crippen molar-refractivity contribution in [2.24, 2.45) is 5.73 Å². The first-order valence-corrected chi connectivity index (χ1v) is 7.64. The van der Waals surface area contributed by atoms with Crippen molar-refractivity contribution >= 4 is 11.5 Å². The Morgan fingerprint density at radius 3 is 2.76 bits per heavy atom. The molecule has 1 aliphatic heterocycles. The van der Waals surface area contributed by atoms with Crippen LogP contribution < -0.4 is 10.6 Å². The average molecular weight is 281 g/mol. The number of aromatic nitrogens is 1. The Labute approximate surface area is 126 Å². The Kier molecular flexibility index (Phi) is 3.68. The van der Waals surface area contributed by atoms with E-state index in [1.807, 2.05) is 0 Å². The van der Waals surface area contributed by atoms with Crippen molar-refractivity contribution in [3.05, 3.63) is 52.2 Å². The number of aryl methyl sites for hydroxylation is 4. The zero-order chi connectivity index (χ0) is 15.0. The maximum atomic E-state index is 5.99. The van der Waals surface area contributed by atoms with Gasteiger partial charge in [0.05, 0.1) is 0 Å². The summed E-state index contributed by atoms with van der Waals surface area (Å²) in [7, 11) is 0. The van der Waals surface area contributed by atoms with E-state index in [9.17, 15) is 0 Å². The zero-order valence-corrected chi connectivity index (χ0v) is 13.1. The summed E-state index contributed by atoms with van der Waals surface area (Å²) < 4.78 is 0. The fourth-order valence-corrected chi connectivity index (χ4v) is 3.27. The van der Waals surface area contributed by atoms with Gasteiger partial charge in [-0.15, -0.1) is 0 Å². The van der Waals surface area contributed by atoms with Gasteiger partial charge in [0.2, 0.25) is 0 Å². The second-order valence-corrected chi connectivity index (χ2v) is 5.97. The van der Waals surface area contributed by atoms with E-state index in [-0.39, 0.29) is 0 Å². The minimum Gasteiger partial charge on any atom is -0.326 e. The van der Waals surface area contributed by atoms with Crippen LogP contribution in [-0.4, -0.2) is 11.5 Å². The highest BCUT2D eigenvalue weighted by Crippen LogP contribution is 2.35. The lowest BCUT2D eigenvalue weighted by atomic mass is 9.98. The molecule has 0 spiro atoms. The SMILES string of the molecule is Cc1ccc2c(c1)CCCN2c1nc(C)cc(C)c1CN. The molecule has 3 rings (SSSR count). The molecule has 1 aromatic heterocycles. The molecule has 21 heavy (non-hydrogen) atoms. The zero-order valence-electron chi connectivity index (χ0n) is 13.1. The maximum Gasteiger partial charge on any atom is 0.138 e. The van der Waals surface area contributed by atoms with Gasteiger partial charge in [0.25, 0.3) is 0 Å². The monoisotopic (exact) mass is 281 g/mol. The average Bonchev–Trinajstić information content (AvgIpc) is 2.45. The van der Waals surface area contributed by atoms with E-state index < -0.39 is 0 Å². The van der Waals surface area contributed by atoms with Gasteiger partial charge in [-0.2, -0.15) is 0 Å². The summed E-state index contributed by atoms with van der Waals surface area (Å²) in [5.74, 6) is 1.04. The van der Waals surface area contributed by atoms with E-state index in [2.05, 4.69) is 49.9 Å². The van der Waals surface area contributed by atoms with Gasteiger partial charge >= 0.3 is 0 Å². The molecule has 0 fully saturated rings. The molecular formula is C18H23N3. The number of rotatable bonds is 2. The fourth-order valence-electron chi connectivity index (χ4n) is 3.27. The smallest absolute Gasteiger partial charge is 0.138 e. The van der Waals surface area contributed by atoms with Crippen molar-refractivity contribution in [3.63, 3.8) is 0 Å². The predicted octanol–water partition coefficient (Wildman–Crippen LogP) is 3.55. The van der Waals surface area contributed by atoms with E-state index in [1.54, 1.807) is 0 Å². The number of hydrogen-bond donors (Lipinski definition) is 1. The van der Waals surface area contributed by atoms with Crippen molar-refractivity contribution < 1.29 is 0 Å². The molecule has 0 aliphatic carbocycles. The molecule has 2 N–H and O–H groups in total. The molecule has 0 amide bonds. The maximum absolute atomic E-state index is 5.99. The standard InChI is InChI=1S/C18H23N3/c1-12-6-7-17-15(9-12)5-4-8-21(17)18-16(11-19)13(2)10-14(3)20-18/h6-7,9-10H,4-5,8,11,19H2,1-3H3. The number of hydrogen-bond acceptors (Lipinski definition) is 3. The summed E-state index contributed by atoms with van der Waals surface area (Å²) in [4.78, 5) is 7.14. The molecular weight excluding hydrogens is 258 g/mol. The van der Waals surface area contributed by atoms with Gasteiger partial charge in [0, 0.05) is 30.0 Å². The Hall–Kier alpha value is -1.87. The van der Waals surface area contributed by atoms with E-state index in [0.29, 0.717) is 6.54 Å². The third-order valence-electron chi connectivity index (χ3n) is 4.27. The molecule has 0 saturated heterocycles. The molecule has 2 heterocycles. The van der Waals surface area contributed by atoms with Gasteiger partial charge in [0.1, 0.15) is 5.82 Å². The number of benzene rings is 1. The second-order valence-electron chi connectivity index (χ2n) is 5.97. The van der Waals surface area contributed by atoms with Crippen LogP contribution in [0, 0.1) is 20.8 Å². The van der Waals surface area contributed by atoms with Gasteiger partial charge in [-0.25, -0.2) is 4.98 Å². The van der Waals surface area contributed by atoms with Crippen LogP contribution >= 0.6 is 0 Å². The second kappa shape index (κ2) is 5.49. The van der Waals surface area contributed by atoms with Crippen molar-refractivity contribution in [2.45, 2.75) is 40.2 Å². The highest BCUT2D eigenvalue weighted by molar-refractivity contribution is 5.69. The lowest BCUT2D eigenvalue weighted by Gasteiger charge is -2.32. The Bertz CT molecular complexity index is 676. The molecule has 0 bridgehead atoms. The molecule has 3 nitrogen and oxygen atoms in total. The largest absolute Gasteiger partial charge is 0.326 e. The first-order valence-electron chi connectivity index (χ1n) is 7.64. The molecule has 0 radical (unpaired) electrons. The number of nitrogens with zero attached hydrogens (tertiary/aromatic N) is 2. The number of anilines is 2. The van der Waals surface area contributed by atoms with Crippen LogP contribution in [0.4, 0.5) is 11.5 Å². The van der Waals surface area contributed by atoms with Crippen molar-refractivity contribution in [1.29, 1.82) is 0 Å². The quantitative estimate of drug-likeness (QED) is 0.915. The molecule has 0 atom stereocenters. The van der Waals surface area contributed by atoms with Crippen LogP contribution in [0.3, 0.4) is 0 Å². The minimum absolute atomic E-state index is 0.534. The van der Waals surface area contributed by atoms with Crippen LogP contribution in [-0.2, 0) is 13.0 Å². The normalized spacial score (nSPS) is 14.2. The number of nitrogens with two attached hydrogens (primary N) is 1. The molecule has 3 heteroatoms. The molecule has 0 saturated carbocycles. The highest BCUT2D eigenvalue weighted by Gasteiger charge is 2.22. The van der Waals surface area contributed by atoms with Crippen LogP contribution in [0.1, 0.15) is 34.4 Å². The lowest BCUT2D eigenvalue weighted by Crippen LogP contribution is -2.27. The third-order valence-corrected chi connectivity index (χ3v) is 4.27. The van der Waals surface area contributed by atoms with E-state index in [0.717, 1.165) is 36.5 Å². The fraction of sp³-hybridized carbons (Fsp3) is 0.389. The Morgan fingerprint density at radius 1 is 1.19 bits per heavy atom. The molecule has 1 aliphatic rings. The van der Waals surface area contributed by atoms with Crippen LogP contribution in [0.15, 0.2) is 24.3 Å². The van der Waals surface area contributed by atoms with Crippen molar-refractivity contribution in [3.8, 4) is 0 Å². The molecule has 110 valence electrons. The number of pyridine rings is 1. The first kappa shape index (κ1) is 14.1. The summed E-state index contributed by atoms with van der Waals surface area (Å²) in [6, 6.07) is 8.82. The Morgan fingerprint density at radius 2 is 2.00 bits per heavy atom. The summed E-state index contributed by atoms with van der Waals surface area (Å²) in [5, 5.41) is 0. The molecule has 0 unspecified atom stereocenters. The van der Waals surface area contributed by atoms with Crippen molar-refractivity contribution in [2.75, 3.05) is 11.4 Å². The molecule has 1 aromatic carbocycles. The van der Waals surface area contributed by atoms with E-state index in [4.69, 9.17) is 10.7 Å². The first-order chi connectivity index (χ1) is 10.1. The summed E-state index contributed by atoms with van der Waals surface area (Å²) in [6.45, 7) is 7.88. The lowest BCUT2D eigenvalue weighted by molar-refractivity contribution is 0.752.